The van der Waals surface area contributed by atoms with Crippen LogP contribution in [0.3, 0.4) is 0 Å². The van der Waals surface area contributed by atoms with Crippen LogP contribution in [-0.4, -0.2) is 25.8 Å². The van der Waals surface area contributed by atoms with Crippen LogP contribution < -0.4 is 5.32 Å². The first-order valence-corrected chi connectivity index (χ1v) is 10.6. The molecule has 1 fully saturated rings. The molecule has 6 heteroatoms. The minimum absolute atomic E-state index is 0.123. The van der Waals surface area contributed by atoms with Gasteiger partial charge in [-0.3, -0.25) is 4.79 Å². The van der Waals surface area contributed by atoms with Gasteiger partial charge in [0.2, 0.25) is 5.91 Å². The highest BCUT2D eigenvalue weighted by atomic mass is 16.3. The van der Waals surface area contributed by atoms with Crippen molar-refractivity contribution in [3.8, 4) is 0 Å². The fraction of sp³-hybridized carbons (Fsp3) is 0.375. The average molecular weight is 405 g/mol. The molecular formula is C24H28N4O2. The van der Waals surface area contributed by atoms with Gasteiger partial charge in [-0.05, 0) is 67.7 Å². The van der Waals surface area contributed by atoms with Gasteiger partial charge in [-0.2, -0.15) is 5.10 Å². The number of aromatic nitrogens is 3. The number of nitrogens with one attached hydrogen (secondary N) is 1. The summed E-state index contributed by atoms with van der Waals surface area (Å²) in [6.07, 6.45) is 6.84. The lowest BCUT2D eigenvalue weighted by atomic mass is 9.91. The van der Waals surface area contributed by atoms with Crippen LogP contribution in [0.15, 0.2) is 67.3 Å². The summed E-state index contributed by atoms with van der Waals surface area (Å²) >= 11 is 0. The molecule has 1 aliphatic rings. The molecule has 4 rings (SSSR count). The second kappa shape index (κ2) is 9.22. The van der Waals surface area contributed by atoms with E-state index in [2.05, 4.69) is 27.5 Å². The minimum Gasteiger partial charge on any atom is -0.388 e. The molecule has 0 bridgehead atoms. The molecule has 1 aromatic heterocycles. The van der Waals surface area contributed by atoms with Gasteiger partial charge in [-0.15, -0.1) is 0 Å². The zero-order chi connectivity index (χ0) is 20.9. The number of aliphatic hydroxyl groups excluding tert-OH is 1. The van der Waals surface area contributed by atoms with Crippen LogP contribution in [-0.2, 0) is 11.2 Å². The summed E-state index contributed by atoms with van der Waals surface area (Å²) in [7, 11) is 0. The lowest BCUT2D eigenvalue weighted by molar-refractivity contribution is -0.119. The molecular weight excluding hydrogens is 376 g/mol. The van der Waals surface area contributed by atoms with Crippen LogP contribution >= 0.6 is 0 Å². The van der Waals surface area contributed by atoms with Gasteiger partial charge in [0, 0.05) is 5.69 Å². The van der Waals surface area contributed by atoms with Gasteiger partial charge in [0.15, 0.2) is 0 Å². The van der Waals surface area contributed by atoms with Crippen LogP contribution in [0.1, 0.15) is 49.5 Å². The molecule has 1 unspecified atom stereocenters. The molecule has 0 saturated heterocycles. The third kappa shape index (κ3) is 4.76. The number of hydrogen-bond donors (Lipinski definition) is 2. The molecule has 0 radical (unpaired) electrons. The van der Waals surface area contributed by atoms with E-state index in [0.717, 1.165) is 36.9 Å². The summed E-state index contributed by atoms with van der Waals surface area (Å²) in [6.45, 7) is 1.79. The Morgan fingerprint density at radius 3 is 2.63 bits per heavy atom. The highest BCUT2D eigenvalue weighted by Gasteiger charge is 2.30. The Hall–Kier alpha value is -2.99. The summed E-state index contributed by atoms with van der Waals surface area (Å²) in [5.74, 6) is 0.789. The summed E-state index contributed by atoms with van der Waals surface area (Å²) in [4.78, 5) is 16.3. The van der Waals surface area contributed by atoms with Gasteiger partial charge in [0.25, 0.3) is 0 Å². The topological polar surface area (TPSA) is 80.0 Å². The normalized spacial score (nSPS) is 20.6. The van der Waals surface area contributed by atoms with Crippen LogP contribution in [0.5, 0.6) is 0 Å². The molecule has 1 aliphatic carbocycles. The fourth-order valence-corrected chi connectivity index (χ4v) is 4.35. The monoisotopic (exact) mass is 404 g/mol. The number of carbonyl (C=O) groups excluding carboxylic acids is 1. The summed E-state index contributed by atoms with van der Waals surface area (Å²) in [6, 6.07) is 17.6. The van der Waals surface area contributed by atoms with Gasteiger partial charge in [-0.25, -0.2) is 9.67 Å². The zero-order valence-electron chi connectivity index (χ0n) is 17.2. The maximum atomic E-state index is 12.4. The Morgan fingerprint density at radius 2 is 1.93 bits per heavy atom. The highest BCUT2D eigenvalue weighted by Crippen LogP contribution is 2.40. The number of nitrogens with zero attached hydrogens (tertiary/aromatic N) is 3. The third-order valence-corrected chi connectivity index (χ3v) is 6.13. The smallest absolute Gasteiger partial charge is 0.249 e. The van der Waals surface area contributed by atoms with Gasteiger partial charge < -0.3 is 10.4 Å². The maximum Gasteiger partial charge on any atom is 0.249 e. The number of aliphatic hydroxyl groups is 1. The van der Waals surface area contributed by atoms with Crippen LogP contribution in [0.4, 0.5) is 5.69 Å². The van der Waals surface area contributed by atoms with Crippen molar-refractivity contribution in [1.82, 2.24) is 14.8 Å². The number of amides is 1. The van der Waals surface area contributed by atoms with Gasteiger partial charge in [0.05, 0.1) is 6.10 Å². The lowest BCUT2D eigenvalue weighted by Gasteiger charge is -2.19. The van der Waals surface area contributed by atoms with E-state index in [1.807, 2.05) is 42.5 Å². The summed E-state index contributed by atoms with van der Waals surface area (Å²) < 4.78 is 1.53. The Kier molecular flexibility index (Phi) is 6.23. The summed E-state index contributed by atoms with van der Waals surface area (Å²) in [5, 5.41) is 17.6. The quantitative estimate of drug-likeness (QED) is 0.619. The molecule has 1 saturated carbocycles. The lowest BCUT2D eigenvalue weighted by Crippen LogP contribution is -2.24. The molecule has 6 nitrogen and oxygen atoms in total. The van der Waals surface area contributed by atoms with E-state index in [4.69, 9.17) is 0 Å². The predicted octanol–water partition coefficient (Wildman–Crippen LogP) is 4.17. The van der Waals surface area contributed by atoms with E-state index in [1.165, 1.54) is 22.9 Å². The predicted molar refractivity (Wildman–Crippen MR) is 116 cm³/mol. The molecule has 1 heterocycles. The largest absolute Gasteiger partial charge is 0.388 e. The van der Waals surface area contributed by atoms with Crippen molar-refractivity contribution in [2.45, 2.75) is 44.8 Å². The third-order valence-electron chi connectivity index (χ3n) is 6.13. The molecule has 3 aromatic rings. The summed E-state index contributed by atoms with van der Waals surface area (Å²) in [5.41, 5.74) is 3.06. The first-order valence-electron chi connectivity index (χ1n) is 10.6. The number of anilines is 1. The minimum atomic E-state index is -0.418. The van der Waals surface area contributed by atoms with E-state index >= 15 is 0 Å². The Morgan fingerprint density at radius 1 is 1.17 bits per heavy atom. The van der Waals surface area contributed by atoms with Crippen molar-refractivity contribution in [2.24, 2.45) is 11.8 Å². The second-order valence-corrected chi connectivity index (χ2v) is 8.24. The van der Waals surface area contributed by atoms with Crippen LogP contribution in [0, 0.1) is 11.8 Å². The first-order chi connectivity index (χ1) is 14.6. The number of hydrogen-bond acceptors (Lipinski definition) is 4. The average Bonchev–Trinajstić information content (AvgIpc) is 3.47. The zero-order valence-corrected chi connectivity index (χ0v) is 17.2. The first kappa shape index (κ1) is 20.3. The number of benzene rings is 2. The van der Waals surface area contributed by atoms with Crippen molar-refractivity contribution in [1.29, 1.82) is 0 Å². The molecule has 1 amide bonds. The molecule has 156 valence electrons. The molecule has 2 N–H and O–H groups in total. The van der Waals surface area contributed by atoms with Crippen molar-refractivity contribution in [2.75, 3.05) is 5.32 Å². The molecule has 4 atom stereocenters. The van der Waals surface area contributed by atoms with Gasteiger partial charge in [-0.1, -0.05) is 42.5 Å². The van der Waals surface area contributed by atoms with Crippen molar-refractivity contribution in [3.63, 3.8) is 0 Å². The SMILES string of the molecule is CC(C(=O)Nc1ccc(C[C@@H]2CC[C@H]([C@H](O)c3ccccc3)C2)cc1)n1cncn1. The Labute approximate surface area is 177 Å². The molecule has 2 aromatic carbocycles. The number of carbonyl (C=O) groups is 1. The Bertz CT molecular complexity index is 941. The van der Waals surface area contributed by atoms with E-state index < -0.39 is 6.04 Å². The fourth-order valence-electron chi connectivity index (χ4n) is 4.35. The van der Waals surface area contributed by atoms with E-state index in [0.29, 0.717) is 11.8 Å². The Balaban J connectivity index is 1.29. The van der Waals surface area contributed by atoms with Crippen molar-refractivity contribution < 1.29 is 9.90 Å². The maximum absolute atomic E-state index is 12.4. The van der Waals surface area contributed by atoms with E-state index in [1.54, 1.807) is 6.92 Å². The number of rotatable bonds is 7. The van der Waals surface area contributed by atoms with Crippen LogP contribution in [0.25, 0.3) is 0 Å². The standard InChI is InChI=1S/C24H28N4O2/c1-17(28-16-25-15-26-28)24(30)27-22-11-8-18(9-12-22)13-19-7-10-21(14-19)23(29)20-5-3-2-4-6-20/h2-6,8-9,11-12,15-17,19,21,23,29H,7,10,13-14H2,1H3,(H,27,30)/t17?,19-,21-,23+/m0/s1. The molecule has 0 aliphatic heterocycles. The van der Waals surface area contributed by atoms with Crippen molar-refractivity contribution >= 4 is 11.6 Å². The highest BCUT2D eigenvalue weighted by molar-refractivity contribution is 5.93. The van der Waals surface area contributed by atoms with Crippen LogP contribution in [0.2, 0.25) is 0 Å². The van der Waals surface area contributed by atoms with Gasteiger partial charge >= 0.3 is 0 Å². The molecule has 0 spiro atoms. The second-order valence-electron chi connectivity index (χ2n) is 8.24. The molecule has 30 heavy (non-hydrogen) atoms. The van der Waals surface area contributed by atoms with Crippen molar-refractivity contribution in [3.05, 3.63) is 78.4 Å². The van der Waals surface area contributed by atoms with E-state index in [9.17, 15) is 9.90 Å². The van der Waals surface area contributed by atoms with Gasteiger partial charge in [0.1, 0.15) is 18.7 Å². The van der Waals surface area contributed by atoms with E-state index in [-0.39, 0.29) is 12.0 Å².